The number of hydrogen-bond donors (Lipinski definition) is 0. The summed E-state index contributed by atoms with van der Waals surface area (Å²) in [7, 11) is 0. The molecule has 0 saturated heterocycles. The van der Waals surface area contributed by atoms with Crippen molar-refractivity contribution in [2.75, 3.05) is 0 Å². The molecule has 1 aromatic heterocycles. The van der Waals surface area contributed by atoms with Crippen molar-refractivity contribution in [2.24, 2.45) is 0 Å². The van der Waals surface area contributed by atoms with Crippen LogP contribution in [0.15, 0.2) is 60.8 Å². The SMILES string of the molecule is CCc1ccc(-c2cccc3cccnc23)cc1. The van der Waals surface area contributed by atoms with Crippen LogP contribution in [0.4, 0.5) is 0 Å². The average molecular weight is 233 g/mol. The second-order valence-electron chi connectivity index (χ2n) is 4.43. The minimum atomic E-state index is 1.07. The molecule has 1 heterocycles. The minimum absolute atomic E-state index is 1.07. The summed E-state index contributed by atoms with van der Waals surface area (Å²) in [4.78, 5) is 4.50. The molecule has 0 unspecified atom stereocenters. The van der Waals surface area contributed by atoms with Crippen LogP contribution in [0.25, 0.3) is 22.0 Å². The Hall–Kier alpha value is -2.15. The van der Waals surface area contributed by atoms with Gasteiger partial charge in [-0.2, -0.15) is 0 Å². The molecule has 3 rings (SSSR count). The Balaban J connectivity index is 2.18. The first-order chi connectivity index (χ1) is 8.88. The van der Waals surface area contributed by atoms with Gasteiger partial charge in [0.2, 0.25) is 0 Å². The van der Waals surface area contributed by atoms with Crippen molar-refractivity contribution in [3.05, 3.63) is 66.4 Å². The van der Waals surface area contributed by atoms with Crippen LogP contribution in [-0.4, -0.2) is 4.98 Å². The fourth-order valence-corrected chi connectivity index (χ4v) is 2.26. The Bertz CT molecular complexity index is 663. The zero-order valence-electron chi connectivity index (χ0n) is 10.4. The van der Waals surface area contributed by atoms with Crippen molar-refractivity contribution < 1.29 is 0 Å². The van der Waals surface area contributed by atoms with Gasteiger partial charge in [-0.05, 0) is 23.6 Å². The summed E-state index contributed by atoms with van der Waals surface area (Å²) >= 11 is 0. The zero-order valence-corrected chi connectivity index (χ0v) is 10.4. The van der Waals surface area contributed by atoms with Crippen LogP contribution in [0.3, 0.4) is 0 Å². The molecular formula is C17H15N. The molecule has 0 N–H and O–H groups in total. The smallest absolute Gasteiger partial charge is 0.0780 e. The molecule has 1 heteroatoms. The maximum Gasteiger partial charge on any atom is 0.0780 e. The Morgan fingerprint density at radius 3 is 2.44 bits per heavy atom. The molecule has 0 atom stereocenters. The van der Waals surface area contributed by atoms with Gasteiger partial charge < -0.3 is 0 Å². The number of fused-ring (bicyclic) bond motifs is 1. The standard InChI is InChI=1S/C17H15N/c1-2-13-8-10-14(11-9-13)16-7-3-5-15-6-4-12-18-17(15)16/h3-12H,2H2,1H3. The van der Waals surface area contributed by atoms with Gasteiger partial charge in [0.25, 0.3) is 0 Å². The summed E-state index contributed by atoms with van der Waals surface area (Å²) in [5, 5.41) is 1.19. The predicted molar refractivity (Wildman–Crippen MR) is 76.6 cm³/mol. The number of aryl methyl sites for hydroxylation is 1. The van der Waals surface area contributed by atoms with E-state index in [9.17, 15) is 0 Å². The molecule has 3 aromatic rings. The third kappa shape index (κ3) is 1.88. The van der Waals surface area contributed by atoms with Gasteiger partial charge in [-0.25, -0.2) is 0 Å². The maximum atomic E-state index is 4.50. The molecule has 0 amide bonds. The summed E-state index contributed by atoms with van der Waals surface area (Å²) in [6.45, 7) is 2.18. The van der Waals surface area contributed by atoms with Gasteiger partial charge in [0.05, 0.1) is 5.52 Å². The zero-order chi connectivity index (χ0) is 12.4. The Morgan fingerprint density at radius 2 is 1.67 bits per heavy atom. The summed E-state index contributed by atoms with van der Waals surface area (Å²) < 4.78 is 0. The van der Waals surface area contributed by atoms with Gasteiger partial charge in [0.1, 0.15) is 0 Å². The van der Waals surface area contributed by atoms with Gasteiger partial charge in [0, 0.05) is 17.1 Å². The number of aromatic nitrogens is 1. The van der Waals surface area contributed by atoms with E-state index in [2.05, 4.69) is 60.4 Å². The molecule has 0 aliphatic rings. The highest BCUT2D eigenvalue weighted by Gasteiger charge is 2.03. The number of nitrogens with zero attached hydrogens (tertiary/aromatic N) is 1. The quantitative estimate of drug-likeness (QED) is 0.636. The second kappa shape index (κ2) is 4.61. The lowest BCUT2D eigenvalue weighted by atomic mass is 10.0. The monoisotopic (exact) mass is 233 g/mol. The fourth-order valence-electron chi connectivity index (χ4n) is 2.26. The van der Waals surface area contributed by atoms with Gasteiger partial charge >= 0.3 is 0 Å². The molecule has 0 fully saturated rings. The number of benzene rings is 2. The van der Waals surface area contributed by atoms with Crippen molar-refractivity contribution in [3.8, 4) is 11.1 Å². The first-order valence-electron chi connectivity index (χ1n) is 6.31. The molecule has 0 bridgehead atoms. The van der Waals surface area contributed by atoms with Crippen molar-refractivity contribution in [3.63, 3.8) is 0 Å². The van der Waals surface area contributed by atoms with Crippen LogP contribution in [0.1, 0.15) is 12.5 Å². The topological polar surface area (TPSA) is 12.9 Å². The highest BCUT2D eigenvalue weighted by Crippen LogP contribution is 2.27. The normalized spacial score (nSPS) is 10.7. The summed E-state index contributed by atoms with van der Waals surface area (Å²) in [6, 6.07) is 19.2. The van der Waals surface area contributed by atoms with E-state index in [1.807, 2.05) is 12.3 Å². The molecule has 0 spiro atoms. The summed E-state index contributed by atoms with van der Waals surface area (Å²) in [6.07, 6.45) is 2.93. The Kier molecular flexibility index (Phi) is 2.81. The highest BCUT2D eigenvalue weighted by atomic mass is 14.6. The van der Waals surface area contributed by atoms with E-state index < -0.39 is 0 Å². The number of hydrogen-bond acceptors (Lipinski definition) is 1. The fraction of sp³-hybridized carbons (Fsp3) is 0.118. The lowest BCUT2D eigenvalue weighted by Crippen LogP contribution is -1.85. The Labute approximate surface area is 107 Å². The highest BCUT2D eigenvalue weighted by molar-refractivity contribution is 5.93. The maximum absolute atomic E-state index is 4.50. The van der Waals surface area contributed by atoms with Crippen molar-refractivity contribution in [1.29, 1.82) is 0 Å². The van der Waals surface area contributed by atoms with E-state index in [1.54, 1.807) is 0 Å². The van der Waals surface area contributed by atoms with Crippen LogP contribution in [-0.2, 0) is 6.42 Å². The number of para-hydroxylation sites is 1. The van der Waals surface area contributed by atoms with Crippen LogP contribution in [0.2, 0.25) is 0 Å². The van der Waals surface area contributed by atoms with Crippen LogP contribution in [0, 0.1) is 0 Å². The predicted octanol–water partition coefficient (Wildman–Crippen LogP) is 4.46. The Morgan fingerprint density at radius 1 is 0.889 bits per heavy atom. The lowest BCUT2D eigenvalue weighted by Gasteiger charge is -2.06. The third-order valence-electron chi connectivity index (χ3n) is 3.31. The van der Waals surface area contributed by atoms with E-state index in [0.717, 1.165) is 11.9 Å². The lowest BCUT2D eigenvalue weighted by molar-refractivity contribution is 1.14. The molecular weight excluding hydrogens is 218 g/mol. The second-order valence-corrected chi connectivity index (χ2v) is 4.43. The molecule has 0 saturated carbocycles. The first-order valence-corrected chi connectivity index (χ1v) is 6.31. The van der Waals surface area contributed by atoms with E-state index in [0.29, 0.717) is 0 Å². The summed E-state index contributed by atoms with van der Waals surface area (Å²) in [5.41, 5.74) is 4.88. The molecule has 0 aliphatic heterocycles. The van der Waals surface area contributed by atoms with Crippen molar-refractivity contribution in [1.82, 2.24) is 4.98 Å². The molecule has 0 radical (unpaired) electrons. The first kappa shape index (κ1) is 11.0. The summed E-state index contributed by atoms with van der Waals surface area (Å²) in [5.74, 6) is 0. The molecule has 88 valence electrons. The molecule has 18 heavy (non-hydrogen) atoms. The van der Waals surface area contributed by atoms with Crippen LogP contribution < -0.4 is 0 Å². The molecule has 0 aliphatic carbocycles. The number of pyridine rings is 1. The van der Waals surface area contributed by atoms with Crippen molar-refractivity contribution >= 4 is 10.9 Å². The molecule has 1 nitrogen and oxygen atoms in total. The number of rotatable bonds is 2. The third-order valence-corrected chi connectivity index (χ3v) is 3.31. The van der Waals surface area contributed by atoms with Gasteiger partial charge in [0.15, 0.2) is 0 Å². The van der Waals surface area contributed by atoms with E-state index in [1.165, 1.54) is 22.1 Å². The molecule has 2 aromatic carbocycles. The van der Waals surface area contributed by atoms with Gasteiger partial charge in [-0.3, -0.25) is 4.98 Å². The van der Waals surface area contributed by atoms with Crippen LogP contribution >= 0.6 is 0 Å². The largest absolute Gasteiger partial charge is 0.256 e. The average Bonchev–Trinajstić information content (AvgIpc) is 2.47. The van der Waals surface area contributed by atoms with Gasteiger partial charge in [-0.1, -0.05) is 55.5 Å². The van der Waals surface area contributed by atoms with E-state index in [4.69, 9.17) is 0 Å². The van der Waals surface area contributed by atoms with Crippen molar-refractivity contribution in [2.45, 2.75) is 13.3 Å². The minimum Gasteiger partial charge on any atom is -0.256 e. The van der Waals surface area contributed by atoms with Gasteiger partial charge in [-0.15, -0.1) is 0 Å². The van der Waals surface area contributed by atoms with Crippen LogP contribution in [0.5, 0.6) is 0 Å². The van der Waals surface area contributed by atoms with E-state index >= 15 is 0 Å². The van der Waals surface area contributed by atoms with E-state index in [-0.39, 0.29) is 0 Å².